The van der Waals surface area contributed by atoms with E-state index in [0.29, 0.717) is 5.71 Å². The first-order chi connectivity index (χ1) is 11.0. The molecule has 0 aliphatic rings. The van der Waals surface area contributed by atoms with E-state index < -0.39 is 10.0 Å². The molecule has 0 saturated heterocycles. The predicted molar refractivity (Wildman–Crippen MR) is 96.3 cm³/mol. The van der Waals surface area contributed by atoms with Crippen molar-refractivity contribution in [3.63, 3.8) is 0 Å². The highest BCUT2D eigenvalue weighted by atomic mass is 32.2. The summed E-state index contributed by atoms with van der Waals surface area (Å²) in [7, 11) is -3.72. The van der Waals surface area contributed by atoms with E-state index in [9.17, 15) is 13.2 Å². The molecule has 1 rings (SSSR count). The lowest BCUT2D eigenvalue weighted by Crippen LogP contribution is -2.42. The van der Waals surface area contributed by atoms with Crippen molar-refractivity contribution in [2.45, 2.75) is 64.9 Å². The van der Waals surface area contributed by atoms with Crippen molar-refractivity contribution < 1.29 is 13.2 Å². The van der Waals surface area contributed by atoms with E-state index in [4.69, 9.17) is 0 Å². The molecule has 0 bridgehead atoms. The molecule has 0 fully saturated rings. The van der Waals surface area contributed by atoms with Crippen LogP contribution in [0.2, 0.25) is 0 Å². The average Bonchev–Trinajstić information content (AvgIpc) is 2.44. The van der Waals surface area contributed by atoms with Gasteiger partial charge in [-0.05, 0) is 53.7 Å². The van der Waals surface area contributed by atoms with Crippen LogP contribution in [0.4, 0.5) is 0 Å². The Hall–Kier alpha value is -1.89. The number of amides is 1. The molecular weight excluding hydrogens is 326 g/mol. The van der Waals surface area contributed by atoms with Crippen LogP contribution in [0, 0.1) is 6.92 Å². The smallest absolute Gasteiger partial charge is 0.276 e. The fraction of sp³-hybridized carbons (Fsp3) is 0.529. The zero-order valence-electron chi connectivity index (χ0n) is 15.2. The van der Waals surface area contributed by atoms with E-state index in [1.165, 1.54) is 12.1 Å². The maximum absolute atomic E-state index is 12.3. The van der Waals surface area contributed by atoms with Gasteiger partial charge in [-0.25, -0.2) is 4.83 Å². The Labute approximate surface area is 145 Å². The largest absolute Gasteiger partial charge is 0.338 e. The van der Waals surface area contributed by atoms with E-state index in [0.717, 1.165) is 5.56 Å². The van der Waals surface area contributed by atoms with Crippen LogP contribution in [-0.4, -0.2) is 37.0 Å². The molecule has 0 aromatic heterocycles. The van der Waals surface area contributed by atoms with Crippen molar-refractivity contribution >= 4 is 21.6 Å². The maximum atomic E-state index is 12.3. The van der Waals surface area contributed by atoms with Crippen LogP contribution in [0.5, 0.6) is 0 Å². The van der Waals surface area contributed by atoms with Gasteiger partial charge in [-0.15, -0.1) is 0 Å². The topological polar surface area (TPSA) is 78.8 Å². The molecule has 1 aromatic rings. The maximum Gasteiger partial charge on any atom is 0.276 e. The summed E-state index contributed by atoms with van der Waals surface area (Å²) in [5, 5.41) is 3.87. The van der Waals surface area contributed by atoms with Crippen molar-refractivity contribution in [2.75, 3.05) is 0 Å². The molecule has 134 valence electrons. The number of nitrogens with zero attached hydrogens (tertiary/aromatic N) is 2. The number of hydrogen-bond donors (Lipinski definition) is 1. The highest BCUT2D eigenvalue weighted by Crippen LogP contribution is 2.11. The summed E-state index contributed by atoms with van der Waals surface area (Å²) < 4.78 is 24.3. The Morgan fingerprint density at radius 2 is 1.62 bits per heavy atom. The van der Waals surface area contributed by atoms with Crippen LogP contribution in [0.1, 0.15) is 46.6 Å². The van der Waals surface area contributed by atoms with Crippen molar-refractivity contribution in [3.8, 4) is 0 Å². The second-order valence-electron chi connectivity index (χ2n) is 6.42. The first-order valence-electron chi connectivity index (χ1n) is 7.97. The lowest BCUT2D eigenvalue weighted by atomic mass is 10.2. The molecule has 7 heteroatoms. The molecular formula is C17H27N3O3S. The normalized spacial score (nSPS) is 12.6. The molecule has 0 atom stereocenters. The fourth-order valence-corrected chi connectivity index (χ4v) is 3.31. The van der Waals surface area contributed by atoms with Gasteiger partial charge in [0.2, 0.25) is 5.91 Å². The van der Waals surface area contributed by atoms with Crippen LogP contribution in [0.3, 0.4) is 0 Å². The molecule has 0 spiro atoms. The van der Waals surface area contributed by atoms with Gasteiger partial charge in [-0.3, -0.25) is 4.79 Å². The SMILES string of the molecule is CC(CC(=O)N(C(C)C)C(C)C)=NNS(=O)(=O)c1ccc(C)cc1. The van der Waals surface area contributed by atoms with E-state index in [1.54, 1.807) is 24.0 Å². The van der Waals surface area contributed by atoms with Gasteiger partial charge in [0.05, 0.1) is 11.3 Å². The molecule has 0 heterocycles. The van der Waals surface area contributed by atoms with Crippen LogP contribution in [0.25, 0.3) is 0 Å². The molecule has 0 unspecified atom stereocenters. The summed E-state index contributed by atoms with van der Waals surface area (Å²) >= 11 is 0. The van der Waals surface area contributed by atoms with E-state index >= 15 is 0 Å². The minimum atomic E-state index is -3.72. The Morgan fingerprint density at radius 1 is 1.12 bits per heavy atom. The third kappa shape index (κ3) is 5.63. The summed E-state index contributed by atoms with van der Waals surface area (Å²) in [6.45, 7) is 11.3. The van der Waals surface area contributed by atoms with Crippen LogP contribution in [0.15, 0.2) is 34.3 Å². The van der Waals surface area contributed by atoms with Gasteiger partial charge in [0.25, 0.3) is 10.0 Å². The first-order valence-corrected chi connectivity index (χ1v) is 9.45. The number of hydrogen-bond acceptors (Lipinski definition) is 4. The number of benzene rings is 1. The molecule has 1 amide bonds. The number of sulfonamides is 1. The first kappa shape index (κ1) is 20.2. The molecule has 1 N–H and O–H groups in total. The van der Waals surface area contributed by atoms with E-state index in [-0.39, 0.29) is 29.3 Å². The molecule has 1 aromatic carbocycles. The predicted octanol–water partition coefficient (Wildman–Crippen LogP) is 2.68. The summed E-state index contributed by atoms with van der Waals surface area (Å²) in [5.74, 6) is -0.0733. The number of carbonyl (C=O) groups excluding carboxylic acids is 1. The third-order valence-corrected chi connectivity index (χ3v) is 4.72. The van der Waals surface area contributed by atoms with E-state index in [2.05, 4.69) is 9.93 Å². The summed E-state index contributed by atoms with van der Waals surface area (Å²) in [4.78, 5) is 16.4. The van der Waals surface area contributed by atoms with Gasteiger partial charge in [0, 0.05) is 17.8 Å². The third-order valence-electron chi connectivity index (χ3n) is 3.50. The molecule has 0 saturated carbocycles. The number of carbonyl (C=O) groups is 1. The van der Waals surface area contributed by atoms with Crippen LogP contribution < -0.4 is 4.83 Å². The van der Waals surface area contributed by atoms with Gasteiger partial charge in [0.15, 0.2) is 0 Å². The second-order valence-corrected chi connectivity index (χ2v) is 8.08. The van der Waals surface area contributed by atoms with Crippen LogP contribution in [-0.2, 0) is 14.8 Å². The van der Waals surface area contributed by atoms with Gasteiger partial charge in [0.1, 0.15) is 0 Å². The van der Waals surface area contributed by atoms with Crippen LogP contribution >= 0.6 is 0 Å². The standard InChI is InChI=1S/C17H27N3O3S/c1-12(2)20(13(3)4)17(21)11-15(6)18-19-24(22,23)16-9-7-14(5)8-10-16/h7-10,12-13,19H,11H2,1-6H3. The van der Waals surface area contributed by atoms with Gasteiger partial charge >= 0.3 is 0 Å². The van der Waals surface area contributed by atoms with Gasteiger partial charge in [-0.1, -0.05) is 17.7 Å². The zero-order chi connectivity index (χ0) is 18.5. The minimum Gasteiger partial charge on any atom is -0.338 e. The Bertz CT molecular complexity index is 684. The van der Waals surface area contributed by atoms with Crippen molar-refractivity contribution in [3.05, 3.63) is 29.8 Å². The van der Waals surface area contributed by atoms with Crippen molar-refractivity contribution in [1.82, 2.24) is 9.73 Å². The van der Waals surface area contributed by atoms with Crippen molar-refractivity contribution in [1.29, 1.82) is 0 Å². The zero-order valence-corrected chi connectivity index (χ0v) is 16.0. The molecule has 0 radical (unpaired) electrons. The number of nitrogens with one attached hydrogen (secondary N) is 1. The number of aryl methyl sites for hydroxylation is 1. The summed E-state index contributed by atoms with van der Waals surface area (Å²) in [6, 6.07) is 6.64. The average molecular weight is 353 g/mol. The van der Waals surface area contributed by atoms with E-state index in [1.807, 2.05) is 34.6 Å². The summed E-state index contributed by atoms with van der Waals surface area (Å²) in [5.41, 5.74) is 1.39. The molecule has 6 nitrogen and oxygen atoms in total. The lowest BCUT2D eigenvalue weighted by molar-refractivity contribution is -0.133. The second kappa shape index (κ2) is 8.28. The lowest BCUT2D eigenvalue weighted by Gasteiger charge is -2.30. The van der Waals surface area contributed by atoms with Crippen molar-refractivity contribution in [2.24, 2.45) is 5.10 Å². The Balaban J connectivity index is 2.79. The van der Waals surface area contributed by atoms with Gasteiger partial charge < -0.3 is 4.90 Å². The molecule has 0 aliphatic carbocycles. The summed E-state index contributed by atoms with van der Waals surface area (Å²) in [6.07, 6.45) is 0.0762. The fourth-order valence-electron chi connectivity index (χ4n) is 2.43. The quantitative estimate of drug-likeness (QED) is 0.604. The van der Waals surface area contributed by atoms with Gasteiger partial charge in [-0.2, -0.15) is 13.5 Å². The molecule has 0 aliphatic heterocycles. The Kier molecular flexibility index (Phi) is 6.95. The minimum absolute atomic E-state index is 0.0733. The monoisotopic (exact) mass is 353 g/mol. The highest BCUT2D eigenvalue weighted by Gasteiger charge is 2.20. The molecule has 24 heavy (non-hydrogen) atoms. The highest BCUT2D eigenvalue weighted by molar-refractivity contribution is 7.89. The number of hydrazone groups is 1. The Morgan fingerprint density at radius 3 is 2.08 bits per heavy atom. The number of rotatable bonds is 7.